The van der Waals surface area contributed by atoms with Crippen molar-refractivity contribution in [3.63, 3.8) is 0 Å². The molecule has 1 unspecified atom stereocenters. The van der Waals surface area contributed by atoms with Crippen molar-refractivity contribution in [1.82, 2.24) is 5.32 Å². The highest BCUT2D eigenvalue weighted by Crippen LogP contribution is 2.12. The van der Waals surface area contributed by atoms with Crippen LogP contribution in [0.1, 0.15) is 30.6 Å². The molecule has 1 aromatic carbocycles. The van der Waals surface area contributed by atoms with Crippen LogP contribution in [0.2, 0.25) is 0 Å². The smallest absolute Gasteiger partial charge is 0.326 e. The number of aliphatic carboxylic acids is 1. The Morgan fingerprint density at radius 2 is 1.83 bits per heavy atom. The maximum atomic E-state index is 11.5. The molecular formula is C13H18N2O3. The minimum atomic E-state index is -0.884. The fourth-order valence-corrected chi connectivity index (χ4v) is 1.52. The third kappa shape index (κ3) is 3.76. The molecule has 5 heteroatoms. The van der Waals surface area contributed by atoms with Crippen LogP contribution in [-0.4, -0.2) is 29.6 Å². The topological polar surface area (TPSA) is 78.4 Å². The highest BCUT2D eigenvalue weighted by atomic mass is 16.4. The van der Waals surface area contributed by atoms with Crippen molar-refractivity contribution in [2.45, 2.75) is 26.3 Å². The van der Waals surface area contributed by atoms with Gasteiger partial charge in [0.05, 0.1) is 0 Å². The van der Waals surface area contributed by atoms with Gasteiger partial charge in [-0.3, -0.25) is 4.79 Å². The van der Waals surface area contributed by atoms with Gasteiger partial charge in [0.1, 0.15) is 6.04 Å². The van der Waals surface area contributed by atoms with Crippen LogP contribution in [0.3, 0.4) is 0 Å². The Balaban J connectivity index is 2.71. The van der Waals surface area contributed by atoms with Gasteiger partial charge in [-0.2, -0.15) is 0 Å². The summed E-state index contributed by atoms with van der Waals surface area (Å²) in [5.41, 5.74) is 1.25. The summed E-state index contributed by atoms with van der Waals surface area (Å²) in [6.45, 7) is 4.23. The zero-order valence-electron chi connectivity index (χ0n) is 10.6. The highest BCUT2D eigenvalue weighted by Gasteiger charge is 2.14. The van der Waals surface area contributed by atoms with E-state index in [0.29, 0.717) is 24.2 Å². The van der Waals surface area contributed by atoms with E-state index in [1.54, 1.807) is 31.2 Å². The lowest BCUT2D eigenvalue weighted by atomic mass is 10.1. The van der Waals surface area contributed by atoms with Gasteiger partial charge in [-0.05, 0) is 37.6 Å². The van der Waals surface area contributed by atoms with Crippen LogP contribution in [0.5, 0.6) is 0 Å². The number of carbonyl (C=O) groups is 2. The number of benzene rings is 1. The Morgan fingerprint density at radius 3 is 2.28 bits per heavy atom. The van der Waals surface area contributed by atoms with Gasteiger partial charge in [0.2, 0.25) is 0 Å². The van der Waals surface area contributed by atoms with Gasteiger partial charge in [-0.1, -0.05) is 6.92 Å². The first kappa shape index (κ1) is 14.0. The van der Waals surface area contributed by atoms with E-state index in [-0.39, 0.29) is 5.91 Å². The Kier molecular flexibility index (Phi) is 5.17. The first-order valence-corrected chi connectivity index (χ1v) is 5.96. The number of carboxylic acid groups (broad SMARTS) is 1. The molecule has 1 aromatic rings. The van der Waals surface area contributed by atoms with Gasteiger partial charge in [-0.15, -0.1) is 0 Å². The number of rotatable bonds is 6. The van der Waals surface area contributed by atoms with Gasteiger partial charge in [0.15, 0.2) is 0 Å². The largest absolute Gasteiger partial charge is 0.480 e. The molecule has 0 radical (unpaired) electrons. The molecule has 5 nitrogen and oxygen atoms in total. The summed E-state index contributed by atoms with van der Waals surface area (Å²) in [4.78, 5) is 22.4. The van der Waals surface area contributed by atoms with Gasteiger partial charge < -0.3 is 15.7 Å². The molecule has 1 rings (SSSR count). The summed E-state index contributed by atoms with van der Waals surface area (Å²) in [6, 6.07) is 6.14. The molecule has 98 valence electrons. The van der Waals surface area contributed by atoms with Gasteiger partial charge in [0, 0.05) is 17.8 Å². The quantitative estimate of drug-likeness (QED) is 0.718. The van der Waals surface area contributed by atoms with E-state index in [9.17, 15) is 9.59 Å². The number of hydrogen-bond acceptors (Lipinski definition) is 3. The fourth-order valence-electron chi connectivity index (χ4n) is 1.52. The molecule has 0 aromatic heterocycles. The van der Waals surface area contributed by atoms with Crippen molar-refractivity contribution in [3.05, 3.63) is 29.8 Å². The summed E-state index contributed by atoms with van der Waals surface area (Å²) in [7, 11) is 0. The zero-order valence-corrected chi connectivity index (χ0v) is 10.6. The Bertz CT molecular complexity index is 415. The van der Waals surface area contributed by atoms with E-state index in [1.165, 1.54) is 0 Å². The predicted molar refractivity (Wildman–Crippen MR) is 69.8 cm³/mol. The van der Waals surface area contributed by atoms with Crippen LogP contribution in [0, 0.1) is 0 Å². The zero-order chi connectivity index (χ0) is 13.5. The molecule has 0 spiro atoms. The molecule has 18 heavy (non-hydrogen) atoms. The van der Waals surface area contributed by atoms with Crippen LogP contribution in [-0.2, 0) is 4.79 Å². The first-order valence-electron chi connectivity index (χ1n) is 5.96. The molecule has 0 heterocycles. The second-order valence-corrected chi connectivity index (χ2v) is 3.88. The minimum Gasteiger partial charge on any atom is -0.480 e. The molecule has 0 saturated carbocycles. The monoisotopic (exact) mass is 250 g/mol. The molecule has 0 bridgehead atoms. The molecule has 0 aliphatic heterocycles. The lowest BCUT2D eigenvalue weighted by molar-refractivity contribution is -0.137. The second kappa shape index (κ2) is 6.64. The standard InChI is InChI=1S/C13H18N2O3/c1-3-11(13(17)18)15-10-7-5-9(6-8-10)12(16)14-4-2/h5-8,11,15H,3-4H2,1-2H3,(H,14,16)(H,17,18). The van der Waals surface area contributed by atoms with Crippen molar-refractivity contribution in [2.24, 2.45) is 0 Å². The SMILES string of the molecule is CCNC(=O)c1ccc(NC(CC)C(=O)O)cc1. The average molecular weight is 250 g/mol. The van der Waals surface area contributed by atoms with Crippen molar-refractivity contribution in [1.29, 1.82) is 0 Å². The van der Waals surface area contributed by atoms with Crippen molar-refractivity contribution in [2.75, 3.05) is 11.9 Å². The van der Waals surface area contributed by atoms with Crippen molar-refractivity contribution >= 4 is 17.6 Å². The summed E-state index contributed by atoms with van der Waals surface area (Å²) in [5.74, 6) is -1.01. The Labute approximate surface area is 106 Å². The average Bonchev–Trinajstić information content (AvgIpc) is 2.36. The Hall–Kier alpha value is -2.04. The highest BCUT2D eigenvalue weighted by molar-refractivity contribution is 5.94. The van der Waals surface area contributed by atoms with E-state index >= 15 is 0 Å². The van der Waals surface area contributed by atoms with E-state index in [4.69, 9.17) is 5.11 Å². The lowest BCUT2D eigenvalue weighted by Crippen LogP contribution is -2.28. The molecule has 0 aliphatic carbocycles. The number of carboxylic acids is 1. The fraction of sp³-hybridized carbons (Fsp3) is 0.385. The third-order valence-electron chi connectivity index (χ3n) is 2.53. The molecule has 1 atom stereocenters. The molecule has 0 fully saturated rings. The first-order chi connectivity index (χ1) is 8.58. The lowest BCUT2D eigenvalue weighted by Gasteiger charge is -2.13. The van der Waals surface area contributed by atoms with E-state index in [1.807, 2.05) is 6.92 Å². The van der Waals surface area contributed by atoms with E-state index < -0.39 is 12.0 Å². The summed E-state index contributed by atoms with van der Waals surface area (Å²) >= 11 is 0. The predicted octanol–water partition coefficient (Wildman–Crippen LogP) is 1.71. The van der Waals surface area contributed by atoms with Crippen LogP contribution < -0.4 is 10.6 Å². The summed E-state index contributed by atoms with van der Waals surface area (Å²) in [5, 5.41) is 14.5. The molecule has 0 aliphatic rings. The van der Waals surface area contributed by atoms with Gasteiger partial charge >= 0.3 is 5.97 Å². The summed E-state index contributed by atoms with van der Waals surface area (Å²) < 4.78 is 0. The summed E-state index contributed by atoms with van der Waals surface area (Å²) in [6.07, 6.45) is 0.493. The maximum absolute atomic E-state index is 11.5. The van der Waals surface area contributed by atoms with Crippen LogP contribution in [0.25, 0.3) is 0 Å². The van der Waals surface area contributed by atoms with Crippen LogP contribution in [0.15, 0.2) is 24.3 Å². The normalized spacial score (nSPS) is 11.7. The molecule has 1 amide bonds. The number of carbonyl (C=O) groups excluding carboxylic acids is 1. The number of amides is 1. The number of anilines is 1. The van der Waals surface area contributed by atoms with Crippen LogP contribution in [0.4, 0.5) is 5.69 Å². The van der Waals surface area contributed by atoms with E-state index in [0.717, 1.165) is 0 Å². The van der Waals surface area contributed by atoms with Crippen molar-refractivity contribution < 1.29 is 14.7 Å². The molecule has 0 saturated heterocycles. The Morgan fingerprint density at radius 1 is 1.22 bits per heavy atom. The molecule has 3 N–H and O–H groups in total. The van der Waals surface area contributed by atoms with Gasteiger partial charge in [-0.25, -0.2) is 4.79 Å². The number of nitrogens with one attached hydrogen (secondary N) is 2. The molecular weight excluding hydrogens is 232 g/mol. The van der Waals surface area contributed by atoms with E-state index in [2.05, 4.69) is 10.6 Å². The minimum absolute atomic E-state index is 0.130. The van der Waals surface area contributed by atoms with Crippen molar-refractivity contribution in [3.8, 4) is 0 Å². The number of hydrogen-bond donors (Lipinski definition) is 3. The van der Waals surface area contributed by atoms with Gasteiger partial charge in [0.25, 0.3) is 5.91 Å². The second-order valence-electron chi connectivity index (χ2n) is 3.88. The third-order valence-corrected chi connectivity index (χ3v) is 2.53. The maximum Gasteiger partial charge on any atom is 0.326 e. The van der Waals surface area contributed by atoms with Crippen LogP contribution >= 0.6 is 0 Å².